The van der Waals surface area contributed by atoms with Crippen LogP contribution in [0.1, 0.15) is 0 Å². The molecule has 2 fully saturated rings. The Morgan fingerprint density at radius 3 is 1.69 bits per heavy atom. The molecule has 16 heavy (non-hydrogen) atoms. The van der Waals surface area contributed by atoms with Crippen molar-refractivity contribution in [3.8, 4) is 0 Å². The lowest BCUT2D eigenvalue weighted by Gasteiger charge is -2.53. The zero-order chi connectivity index (χ0) is 10.3. The summed E-state index contributed by atoms with van der Waals surface area (Å²) in [6.07, 6.45) is 19.5. The van der Waals surface area contributed by atoms with E-state index in [1.165, 1.54) is 0 Å². The maximum Gasteiger partial charge on any atom is -0.00162 e. The first-order chi connectivity index (χ1) is 7.95. The molecule has 0 aromatic heterocycles. The average Bonchev–Trinajstić information content (AvgIpc) is 3.01. The number of allylic oxidation sites excluding steroid dienone is 8. The maximum absolute atomic E-state index is 2.53. The van der Waals surface area contributed by atoms with E-state index < -0.39 is 0 Å². The molecule has 0 radical (unpaired) electrons. The van der Waals surface area contributed by atoms with Crippen LogP contribution >= 0.6 is 0 Å². The Hall–Kier alpha value is -1.04. The first-order valence-electron chi connectivity index (χ1n) is 6.67. The van der Waals surface area contributed by atoms with Gasteiger partial charge in [0.1, 0.15) is 0 Å². The molecular formula is C16H16. The van der Waals surface area contributed by atoms with Crippen molar-refractivity contribution < 1.29 is 0 Å². The summed E-state index contributed by atoms with van der Waals surface area (Å²) in [4.78, 5) is 0. The molecule has 0 saturated heterocycles. The number of hydrogen-bond donors (Lipinski definition) is 0. The van der Waals surface area contributed by atoms with Crippen molar-refractivity contribution in [1.82, 2.24) is 0 Å². The minimum Gasteiger partial charge on any atom is -0.0839 e. The van der Waals surface area contributed by atoms with Gasteiger partial charge in [0.2, 0.25) is 0 Å². The van der Waals surface area contributed by atoms with Crippen LogP contribution in [0.25, 0.3) is 0 Å². The fraction of sp³-hybridized carbons (Fsp3) is 0.500. The van der Waals surface area contributed by atoms with Gasteiger partial charge in [-0.1, -0.05) is 48.6 Å². The minimum atomic E-state index is 0.738. The van der Waals surface area contributed by atoms with Gasteiger partial charge in [-0.25, -0.2) is 0 Å². The van der Waals surface area contributed by atoms with Crippen LogP contribution in [0.2, 0.25) is 0 Å². The van der Waals surface area contributed by atoms with Crippen molar-refractivity contribution in [3.05, 3.63) is 48.6 Å². The van der Waals surface area contributed by atoms with Crippen LogP contribution in [0.5, 0.6) is 0 Å². The number of hydrogen-bond acceptors (Lipinski definition) is 0. The van der Waals surface area contributed by atoms with Crippen LogP contribution in [-0.2, 0) is 0 Å². The van der Waals surface area contributed by atoms with Gasteiger partial charge < -0.3 is 0 Å². The Bertz CT molecular complexity index is 444. The van der Waals surface area contributed by atoms with Gasteiger partial charge in [0.05, 0.1) is 0 Å². The summed E-state index contributed by atoms with van der Waals surface area (Å²) >= 11 is 0. The molecule has 2 saturated carbocycles. The second-order valence-electron chi connectivity index (χ2n) is 6.16. The van der Waals surface area contributed by atoms with Gasteiger partial charge in [0.25, 0.3) is 0 Å². The Labute approximate surface area is 96.4 Å². The van der Waals surface area contributed by atoms with E-state index in [9.17, 15) is 0 Å². The van der Waals surface area contributed by atoms with Crippen LogP contribution in [0.3, 0.4) is 0 Å². The summed E-state index contributed by atoms with van der Waals surface area (Å²) in [5.41, 5.74) is 0. The molecular weight excluding hydrogens is 192 g/mol. The molecule has 0 aromatic carbocycles. The molecule has 6 rings (SSSR count). The normalized spacial score (nSPS) is 62.0. The van der Waals surface area contributed by atoms with E-state index in [1.807, 2.05) is 0 Å². The van der Waals surface area contributed by atoms with E-state index in [0.29, 0.717) is 0 Å². The second kappa shape index (κ2) is 2.45. The lowest BCUT2D eigenvalue weighted by Crippen LogP contribution is -2.49. The molecule has 0 amide bonds. The maximum atomic E-state index is 2.53. The minimum absolute atomic E-state index is 0.738. The van der Waals surface area contributed by atoms with E-state index in [4.69, 9.17) is 0 Å². The molecule has 4 bridgehead atoms. The van der Waals surface area contributed by atoms with Crippen LogP contribution in [0, 0.1) is 47.3 Å². The smallest absolute Gasteiger partial charge is 0.00162 e. The predicted molar refractivity (Wildman–Crippen MR) is 64.5 cm³/mol. The Kier molecular flexibility index (Phi) is 1.24. The van der Waals surface area contributed by atoms with Gasteiger partial charge in [-0.2, -0.15) is 0 Å². The van der Waals surface area contributed by atoms with Crippen molar-refractivity contribution >= 4 is 0 Å². The zero-order valence-corrected chi connectivity index (χ0v) is 9.24. The SMILES string of the molecule is C1=CC2C(C=C1)C1C2C2C=CC3C(C=C2)C31. The molecule has 6 aliphatic rings. The highest BCUT2D eigenvalue weighted by atomic mass is 14.7. The van der Waals surface area contributed by atoms with Crippen molar-refractivity contribution in [1.29, 1.82) is 0 Å². The molecule has 0 atom stereocenters. The molecule has 0 unspecified atom stereocenters. The molecule has 0 N–H and O–H groups in total. The Morgan fingerprint density at radius 2 is 1.00 bits per heavy atom. The number of fused-ring (bicyclic) bond motifs is 1. The van der Waals surface area contributed by atoms with Gasteiger partial charge in [0.15, 0.2) is 0 Å². The quantitative estimate of drug-likeness (QED) is 0.536. The van der Waals surface area contributed by atoms with E-state index >= 15 is 0 Å². The highest BCUT2D eigenvalue weighted by Gasteiger charge is 2.65. The summed E-state index contributed by atoms with van der Waals surface area (Å²) in [7, 11) is 0. The zero-order valence-electron chi connectivity index (χ0n) is 9.24. The second-order valence-corrected chi connectivity index (χ2v) is 6.16. The molecule has 0 heterocycles. The molecule has 0 heteroatoms. The van der Waals surface area contributed by atoms with Gasteiger partial charge in [-0.15, -0.1) is 0 Å². The van der Waals surface area contributed by atoms with Gasteiger partial charge >= 0.3 is 0 Å². The molecule has 0 aromatic rings. The van der Waals surface area contributed by atoms with Gasteiger partial charge in [0, 0.05) is 0 Å². The van der Waals surface area contributed by atoms with E-state index in [2.05, 4.69) is 48.6 Å². The predicted octanol–water partition coefficient (Wildman–Crippen LogP) is 3.21. The van der Waals surface area contributed by atoms with Crippen LogP contribution in [0.4, 0.5) is 0 Å². The lowest BCUT2D eigenvalue weighted by molar-refractivity contribution is 0.00588. The summed E-state index contributed by atoms with van der Waals surface area (Å²) in [6.45, 7) is 0. The monoisotopic (exact) mass is 208 g/mol. The van der Waals surface area contributed by atoms with Gasteiger partial charge in [-0.3, -0.25) is 0 Å². The molecule has 80 valence electrons. The van der Waals surface area contributed by atoms with Crippen LogP contribution < -0.4 is 0 Å². The molecule has 0 aliphatic heterocycles. The summed E-state index contributed by atoms with van der Waals surface area (Å²) in [5, 5.41) is 0. The first kappa shape index (κ1) is 8.11. The van der Waals surface area contributed by atoms with Crippen LogP contribution in [-0.4, -0.2) is 0 Å². The highest BCUT2D eigenvalue weighted by Crippen LogP contribution is 2.69. The fourth-order valence-corrected chi connectivity index (χ4v) is 5.05. The van der Waals surface area contributed by atoms with Crippen molar-refractivity contribution in [2.45, 2.75) is 0 Å². The van der Waals surface area contributed by atoms with Crippen LogP contribution in [0.15, 0.2) is 48.6 Å². The summed E-state index contributed by atoms with van der Waals surface area (Å²) in [6, 6.07) is 0. The average molecular weight is 208 g/mol. The molecule has 0 nitrogen and oxygen atoms in total. The standard InChI is InChI=1S/C16H16/c1-2-4-11-10(3-1)14-9-5-7-12-13(8-6-9)15(12)16(11)14/h1-16H. The van der Waals surface area contributed by atoms with Crippen molar-refractivity contribution in [3.63, 3.8) is 0 Å². The molecule has 0 spiro atoms. The van der Waals surface area contributed by atoms with Crippen molar-refractivity contribution in [2.24, 2.45) is 47.3 Å². The number of rotatable bonds is 0. The third kappa shape index (κ3) is 0.743. The summed E-state index contributed by atoms with van der Waals surface area (Å²) < 4.78 is 0. The first-order valence-corrected chi connectivity index (χ1v) is 6.67. The van der Waals surface area contributed by atoms with E-state index in [-0.39, 0.29) is 0 Å². The highest BCUT2D eigenvalue weighted by molar-refractivity contribution is 5.35. The topological polar surface area (TPSA) is 0 Å². The Morgan fingerprint density at radius 1 is 0.438 bits per heavy atom. The lowest BCUT2D eigenvalue weighted by atomic mass is 9.51. The summed E-state index contributed by atoms with van der Waals surface area (Å²) in [5.74, 6) is 7.14. The third-order valence-electron chi connectivity index (χ3n) is 5.75. The fourth-order valence-electron chi connectivity index (χ4n) is 5.05. The Balaban J connectivity index is 1.64. The van der Waals surface area contributed by atoms with Crippen molar-refractivity contribution in [2.75, 3.05) is 0 Å². The van der Waals surface area contributed by atoms with E-state index in [0.717, 1.165) is 47.3 Å². The molecule has 6 aliphatic carbocycles. The third-order valence-corrected chi connectivity index (χ3v) is 5.75. The largest absolute Gasteiger partial charge is 0.0839 e. The van der Waals surface area contributed by atoms with E-state index in [1.54, 1.807) is 0 Å². The van der Waals surface area contributed by atoms with Gasteiger partial charge in [-0.05, 0) is 47.3 Å².